The molecule has 3 aromatic rings. The average Bonchev–Trinajstić information content (AvgIpc) is 3.29. The molecular formula is C28H27BrFN3O5S. The Kier molecular flexibility index (Phi) is 8.60. The Balaban J connectivity index is 1.52. The first-order valence-electron chi connectivity index (χ1n) is 12.2. The van der Waals surface area contributed by atoms with E-state index < -0.39 is 34.4 Å². The molecule has 204 valence electrons. The highest BCUT2D eigenvalue weighted by molar-refractivity contribution is 9.10. The molecule has 11 heteroatoms. The Morgan fingerprint density at radius 1 is 1.10 bits per heavy atom. The highest BCUT2D eigenvalue weighted by Crippen LogP contribution is 2.37. The zero-order valence-corrected chi connectivity index (χ0v) is 23.9. The van der Waals surface area contributed by atoms with E-state index in [1.807, 2.05) is 24.3 Å². The number of carbonyl (C=O) groups is 2. The maximum atomic E-state index is 13.2. The van der Waals surface area contributed by atoms with Gasteiger partial charge in [0.05, 0.1) is 15.9 Å². The van der Waals surface area contributed by atoms with E-state index in [0.717, 1.165) is 21.8 Å². The summed E-state index contributed by atoms with van der Waals surface area (Å²) < 4.78 is 19.7. The van der Waals surface area contributed by atoms with E-state index >= 15 is 0 Å². The van der Waals surface area contributed by atoms with Crippen LogP contribution in [0.4, 0.5) is 14.9 Å². The van der Waals surface area contributed by atoms with Gasteiger partial charge < -0.3 is 10.1 Å². The Morgan fingerprint density at radius 3 is 2.38 bits per heavy atom. The number of hydrogen-bond acceptors (Lipinski definition) is 6. The number of rotatable bonds is 6. The van der Waals surface area contributed by atoms with Crippen LogP contribution in [-0.2, 0) is 4.74 Å². The topological polar surface area (TPSA) is 102 Å². The molecule has 1 saturated heterocycles. The minimum absolute atomic E-state index is 0.126. The quantitative estimate of drug-likeness (QED) is 0.234. The monoisotopic (exact) mass is 615 g/mol. The van der Waals surface area contributed by atoms with Crippen LogP contribution < -0.4 is 5.32 Å². The van der Waals surface area contributed by atoms with Crippen LogP contribution in [0, 0.1) is 15.9 Å². The summed E-state index contributed by atoms with van der Waals surface area (Å²) in [7, 11) is 0. The molecule has 0 aromatic heterocycles. The number of halogens is 2. The molecule has 0 bridgehead atoms. The van der Waals surface area contributed by atoms with Crippen molar-refractivity contribution in [3.8, 4) is 0 Å². The van der Waals surface area contributed by atoms with Crippen molar-refractivity contribution in [3.63, 3.8) is 0 Å². The summed E-state index contributed by atoms with van der Waals surface area (Å²) in [6, 6.07) is 16.8. The van der Waals surface area contributed by atoms with E-state index in [4.69, 9.17) is 4.74 Å². The molecule has 1 aliphatic rings. The third-order valence-corrected chi connectivity index (χ3v) is 7.58. The number of carbonyl (C=O) groups excluding carboxylic acids is 2. The van der Waals surface area contributed by atoms with Gasteiger partial charge in [-0.15, -0.1) is 0 Å². The van der Waals surface area contributed by atoms with Gasteiger partial charge in [0.2, 0.25) is 0 Å². The van der Waals surface area contributed by atoms with E-state index in [-0.39, 0.29) is 23.8 Å². The molecule has 1 heterocycles. The Bertz CT molecular complexity index is 1380. The standard InChI is InChI=1S/C28H27BrFN3O5S/c1-28(2,3)38-27(35)32-16-21(15-23(32)17-4-7-19(29)8-5-17)31-26(34)18-6-13-25(24(14-18)33(36)37)39-22-11-9-20(30)10-12-22/h4-14,21,23H,15-16H2,1-3H3,(H,31,34). The molecule has 1 N–H and O–H groups in total. The molecule has 3 aromatic carbocycles. The van der Waals surface area contributed by atoms with E-state index in [2.05, 4.69) is 21.2 Å². The van der Waals surface area contributed by atoms with Gasteiger partial charge in [0.25, 0.3) is 11.6 Å². The van der Waals surface area contributed by atoms with Crippen LogP contribution in [0.2, 0.25) is 0 Å². The molecule has 0 aliphatic carbocycles. The van der Waals surface area contributed by atoms with Gasteiger partial charge in [-0.2, -0.15) is 0 Å². The zero-order valence-electron chi connectivity index (χ0n) is 21.5. The van der Waals surface area contributed by atoms with E-state index in [0.29, 0.717) is 16.2 Å². The van der Waals surface area contributed by atoms with Crippen molar-refractivity contribution < 1.29 is 23.6 Å². The third-order valence-electron chi connectivity index (χ3n) is 5.98. The van der Waals surface area contributed by atoms with Crippen LogP contribution >= 0.6 is 27.7 Å². The van der Waals surface area contributed by atoms with Gasteiger partial charge in [-0.1, -0.05) is 39.8 Å². The summed E-state index contributed by atoms with van der Waals surface area (Å²) in [5.41, 5.74) is 0.112. The summed E-state index contributed by atoms with van der Waals surface area (Å²) in [6.07, 6.45) is -0.0299. The second kappa shape index (κ2) is 11.7. The fourth-order valence-corrected chi connectivity index (χ4v) is 5.41. The Hall–Kier alpha value is -3.44. The lowest BCUT2D eigenvalue weighted by Gasteiger charge is -2.28. The summed E-state index contributed by atoms with van der Waals surface area (Å²) in [6.45, 7) is 5.60. The van der Waals surface area contributed by atoms with Crippen LogP contribution in [0.1, 0.15) is 49.2 Å². The van der Waals surface area contributed by atoms with Crippen LogP contribution in [-0.4, -0.2) is 40.0 Å². The maximum Gasteiger partial charge on any atom is 0.410 e. The van der Waals surface area contributed by atoms with E-state index in [9.17, 15) is 24.1 Å². The lowest BCUT2D eigenvalue weighted by molar-refractivity contribution is -0.387. The van der Waals surface area contributed by atoms with Gasteiger partial charge in [-0.3, -0.25) is 19.8 Å². The minimum atomic E-state index is -0.685. The van der Waals surface area contributed by atoms with Gasteiger partial charge >= 0.3 is 6.09 Å². The van der Waals surface area contributed by atoms with Gasteiger partial charge in [-0.25, -0.2) is 9.18 Å². The van der Waals surface area contributed by atoms with Crippen molar-refractivity contribution in [2.24, 2.45) is 0 Å². The second-order valence-electron chi connectivity index (χ2n) is 10.1. The number of amides is 2. The summed E-state index contributed by atoms with van der Waals surface area (Å²) >= 11 is 4.53. The predicted octanol–water partition coefficient (Wildman–Crippen LogP) is 7.13. The van der Waals surface area contributed by atoms with Crippen molar-refractivity contribution in [1.29, 1.82) is 0 Å². The van der Waals surface area contributed by atoms with Crippen molar-refractivity contribution in [2.75, 3.05) is 6.54 Å². The molecule has 0 saturated carbocycles. The number of nitro benzene ring substituents is 1. The Labute approximate surface area is 238 Å². The van der Waals surface area contributed by atoms with Crippen LogP contribution in [0.3, 0.4) is 0 Å². The molecule has 2 unspecified atom stereocenters. The molecule has 4 rings (SSSR count). The molecule has 0 radical (unpaired) electrons. The zero-order chi connectivity index (χ0) is 28.3. The first kappa shape index (κ1) is 28.6. The van der Waals surface area contributed by atoms with Gasteiger partial charge in [0.1, 0.15) is 11.4 Å². The summed E-state index contributed by atoms with van der Waals surface area (Å²) in [4.78, 5) is 40.0. The average molecular weight is 617 g/mol. The largest absolute Gasteiger partial charge is 0.444 e. The Morgan fingerprint density at radius 2 is 1.77 bits per heavy atom. The predicted molar refractivity (Wildman–Crippen MR) is 149 cm³/mol. The minimum Gasteiger partial charge on any atom is -0.444 e. The second-order valence-corrected chi connectivity index (χ2v) is 12.1. The molecule has 2 atom stereocenters. The van der Waals surface area contributed by atoms with Gasteiger partial charge in [0.15, 0.2) is 0 Å². The van der Waals surface area contributed by atoms with E-state index in [1.54, 1.807) is 25.7 Å². The number of likely N-dealkylation sites (tertiary alicyclic amines) is 1. The number of nitrogens with zero attached hydrogens (tertiary/aromatic N) is 2. The fourth-order valence-electron chi connectivity index (χ4n) is 4.25. The lowest BCUT2D eigenvalue weighted by Crippen LogP contribution is -2.40. The van der Waals surface area contributed by atoms with Crippen LogP contribution in [0.15, 0.2) is 81.0 Å². The van der Waals surface area contributed by atoms with Gasteiger partial charge in [-0.05, 0) is 81.3 Å². The highest BCUT2D eigenvalue weighted by Gasteiger charge is 2.39. The lowest BCUT2D eigenvalue weighted by atomic mass is 10.0. The summed E-state index contributed by atoms with van der Waals surface area (Å²) in [5.74, 6) is -0.887. The van der Waals surface area contributed by atoms with Gasteiger partial charge in [0, 0.05) is 33.6 Å². The number of nitrogens with one attached hydrogen (secondary N) is 1. The number of nitro groups is 1. The molecule has 8 nitrogen and oxygen atoms in total. The SMILES string of the molecule is CC(C)(C)OC(=O)N1CC(NC(=O)c2ccc(Sc3ccc(F)cc3)c([N+](=O)[O-])c2)CC1c1ccc(Br)cc1. The smallest absolute Gasteiger partial charge is 0.410 e. The van der Waals surface area contributed by atoms with Crippen molar-refractivity contribution >= 4 is 45.4 Å². The fraction of sp³-hybridized carbons (Fsp3) is 0.286. The van der Waals surface area contributed by atoms with Crippen LogP contribution in [0.25, 0.3) is 0 Å². The number of hydrogen-bond donors (Lipinski definition) is 1. The highest BCUT2D eigenvalue weighted by atomic mass is 79.9. The van der Waals surface area contributed by atoms with Crippen LogP contribution in [0.5, 0.6) is 0 Å². The number of ether oxygens (including phenoxy) is 1. The molecule has 2 amide bonds. The third kappa shape index (κ3) is 7.36. The number of benzene rings is 3. The molecule has 39 heavy (non-hydrogen) atoms. The molecule has 1 fully saturated rings. The van der Waals surface area contributed by atoms with Crippen molar-refractivity contribution in [1.82, 2.24) is 10.2 Å². The first-order valence-corrected chi connectivity index (χ1v) is 13.8. The van der Waals surface area contributed by atoms with E-state index in [1.165, 1.54) is 42.5 Å². The van der Waals surface area contributed by atoms with Crippen molar-refractivity contribution in [3.05, 3.63) is 98.3 Å². The molecular weight excluding hydrogens is 589 g/mol. The molecule has 1 aliphatic heterocycles. The molecule has 0 spiro atoms. The van der Waals surface area contributed by atoms with Crippen molar-refractivity contribution in [2.45, 2.75) is 54.7 Å². The summed E-state index contributed by atoms with van der Waals surface area (Å²) in [5, 5.41) is 14.7. The first-order chi connectivity index (χ1) is 18.4. The maximum absolute atomic E-state index is 13.2. The normalized spacial score (nSPS) is 17.1.